The molecule has 1 aliphatic heterocycles. The van der Waals surface area contributed by atoms with E-state index in [1.54, 1.807) is 0 Å². The van der Waals surface area contributed by atoms with Gasteiger partial charge < -0.3 is 10.4 Å². The van der Waals surface area contributed by atoms with E-state index in [9.17, 15) is 14.7 Å². The van der Waals surface area contributed by atoms with Crippen LogP contribution in [0, 0.1) is 39.9 Å². The number of carbonyl (C=O) groups is 2. The third kappa shape index (κ3) is 2.69. The fraction of sp³-hybridized carbons (Fsp3) is 0.826. The van der Waals surface area contributed by atoms with Crippen LogP contribution in [-0.4, -0.2) is 23.4 Å². The van der Waals surface area contributed by atoms with Gasteiger partial charge in [-0.25, -0.2) is 0 Å². The van der Waals surface area contributed by atoms with Crippen molar-refractivity contribution in [2.45, 2.75) is 72.6 Å². The molecule has 0 aromatic carbocycles. The average molecular weight is 374 g/mol. The van der Waals surface area contributed by atoms with Gasteiger partial charge in [-0.2, -0.15) is 0 Å². The summed E-state index contributed by atoms with van der Waals surface area (Å²) in [7, 11) is 0. The van der Waals surface area contributed by atoms with Crippen molar-refractivity contribution in [1.82, 2.24) is 5.32 Å². The largest absolute Gasteiger partial charge is 0.481 e. The maximum absolute atomic E-state index is 12.4. The molecule has 6 atom stereocenters. The molecular formula is C23H35NO3. The van der Waals surface area contributed by atoms with Crippen molar-refractivity contribution in [2.75, 3.05) is 6.54 Å². The number of fused-ring (bicyclic) bond motifs is 5. The van der Waals surface area contributed by atoms with Crippen molar-refractivity contribution in [3.05, 3.63) is 11.8 Å². The highest BCUT2D eigenvalue weighted by atomic mass is 16.4. The predicted molar refractivity (Wildman–Crippen MR) is 105 cm³/mol. The van der Waals surface area contributed by atoms with E-state index in [1.807, 2.05) is 6.08 Å². The summed E-state index contributed by atoms with van der Waals surface area (Å²) in [4.78, 5) is 24.4. The molecule has 2 saturated carbocycles. The van der Waals surface area contributed by atoms with E-state index in [0.717, 1.165) is 50.8 Å². The van der Waals surface area contributed by atoms with E-state index in [-0.39, 0.29) is 27.9 Å². The molecule has 0 bridgehead atoms. The average Bonchev–Trinajstić information content (AvgIpc) is 2.98. The van der Waals surface area contributed by atoms with Crippen LogP contribution in [0.15, 0.2) is 11.8 Å². The van der Waals surface area contributed by atoms with Crippen LogP contribution in [0.25, 0.3) is 0 Å². The van der Waals surface area contributed by atoms with Gasteiger partial charge in [-0.05, 0) is 60.7 Å². The van der Waals surface area contributed by atoms with Gasteiger partial charge in [0.05, 0.1) is 5.92 Å². The van der Waals surface area contributed by atoms with Crippen LogP contribution >= 0.6 is 0 Å². The fourth-order valence-electron chi connectivity index (χ4n) is 7.83. The number of hydrogen-bond acceptors (Lipinski definition) is 3. The van der Waals surface area contributed by atoms with Gasteiger partial charge in [0, 0.05) is 30.2 Å². The minimum atomic E-state index is -0.605. The minimum Gasteiger partial charge on any atom is -0.481 e. The number of hydrogen-bond donors (Lipinski definition) is 2. The summed E-state index contributed by atoms with van der Waals surface area (Å²) in [6, 6.07) is 0. The summed E-state index contributed by atoms with van der Waals surface area (Å²) in [6.07, 6.45) is 8.96. The van der Waals surface area contributed by atoms with Crippen molar-refractivity contribution in [3.63, 3.8) is 0 Å². The van der Waals surface area contributed by atoms with Crippen LogP contribution in [0.1, 0.15) is 72.6 Å². The molecule has 4 aliphatic rings. The molecule has 2 N–H and O–H groups in total. The smallest absolute Gasteiger partial charge is 0.307 e. The first-order valence-electron chi connectivity index (χ1n) is 10.8. The minimum absolute atomic E-state index is 0.0605. The van der Waals surface area contributed by atoms with Crippen LogP contribution in [0.5, 0.6) is 0 Å². The van der Waals surface area contributed by atoms with Crippen LogP contribution in [-0.2, 0) is 9.59 Å². The number of carboxylic acid groups (broad SMARTS) is 1. The maximum Gasteiger partial charge on any atom is 0.307 e. The number of carbonyl (C=O) groups excluding carboxylic acids is 1. The molecule has 1 heterocycles. The summed E-state index contributed by atoms with van der Waals surface area (Å²) in [5, 5.41) is 13.8. The van der Waals surface area contributed by atoms with Crippen LogP contribution in [0.2, 0.25) is 0 Å². The van der Waals surface area contributed by atoms with E-state index in [4.69, 9.17) is 0 Å². The van der Waals surface area contributed by atoms with E-state index in [2.05, 4.69) is 33.0 Å². The lowest BCUT2D eigenvalue weighted by Gasteiger charge is -2.60. The highest BCUT2D eigenvalue weighted by Crippen LogP contribution is 2.66. The molecule has 150 valence electrons. The van der Waals surface area contributed by atoms with Gasteiger partial charge in [-0.3, -0.25) is 9.59 Å². The van der Waals surface area contributed by atoms with Gasteiger partial charge in [0.2, 0.25) is 0 Å². The topological polar surface area (TPSA) is 66.4 Å². The Morgan fingerprint density at radius 2 is 1.96 bits per heavy atom. The van der Waals surface area contributed by atoms with Crippen molar-refractivity contribution in [1.29, 1.82) is 0 Å². The zero-order chi connectivity index (χ0) is 19.6. The number of rotatable bonds is 2. The van der Waals surface area contributed by atoms with E-state index in [0.29, 0.717) is 24.2 Å². The number of piperidine rings is 1. The Hall–Kier alpha value is -1.32. The van der Waals surface area contributed by atoms with E-state index in [1.165, 1.54) is 0 Å². The lowest BCUT2D eigenvalue weighted by molar-refractivity contribution is -0.163. The Kier molecular flexibility index (Phi) is 4.29. The lowest BCUT2D eigenvalue weighted by atomic mass is 9.46. The van der Waals surface area contributed by atoms with Gasteiger partial charge in [-0.1, -0.05) is 34.1 Å². The molecule has 3 fully saturated rings. The summed E-state index contributed by atoms with van der Waals surface area (Å²) in [5.41, 5.74) is 0.924. The Morgan fingerprint density at radius 3 is 2.63 bits per heavy atom. The second-order valence-electron chi connectivity index (χ2n) is 11.0. The Bertz CT molecular complexity index is 690. The zero-order valence-electron chi connectivity index (χ0n) is 17.3. The maximum atomic E-state index is 12.4. The second kappa shape index (κ2) is 6.09. The summed E-state index contributed by atoms with van der Waals surface area (Å²) >= 11 is 0. The number of nitrogens with one attached hydrogen (secondary N) is 1. The van der Waals surface area contributed by atoms with Crippen molar-refractivity contribution in [3.8, 4) is 0 Å². The van der Waals surface area contributed by atoms with Crippen LogP contribution < -0.4 is 5.32 Å². The molecule has 0 amide bonds. The number of aliphatic carboxylic acids is 1. The third-order valence-corrected chi connectivity index (χ3v) is 8.70. The van der Waals surface area contributed by atoms with Gasteiger partial charge in [0.15, 0.2) is 5.78 Å². The first-order chi connectivity index (χ1) is 12.6. The standard InChI is InChI=1S/C23H35NO3/c1-21(2,3)19(20(26)27)23-9-5-6-17(23)15-13-24-18-12-14(25)7-10-22(18,4)16(15)8-11-23/h12,15-17,19,24H,5-11,13H2,1-4H3,(H,26,27)/t15-,16+,17+,19?,22-,23-/m1/s1. The Balaban J connectivity index is 1.71. The van der Waals surface area contributed by atoms with E-state index >= 15 is 0 Å². The molecule has 4 nitrogen and oxygen atoms in total. The molecule has 4 heteroatoms. The number of ketones is 1. The molecular weight excluding hydrogens is 338 g/mol. The molecule has 0 aromatic heterocycles. The fourth-order valence-corrected chi connectivity index (χ4v) is 7.83. The first kappa shape index (κ1) is 19.0. The molecule has 27 heavy (non-hydrogen) atoms. The number of carboxylic acids is 1. The molecule has 0 radical (unpaired) electrons. The SMILES string of the molecule is CC(C)(C)C(C(=O)O)[C@@]12CCC[C@H]1[C@@H]1CNC3=CC(=O)CC[C@]3(C)[C@H]1CC2. The zero-order valence-corrected chi connectivity index (χ0v) is 17.3. The summed E-state index contributed by atoms with van der Waals surface area (Å²) in [6.45, 7) is 9.57. The summed E-state index contributed by atoms with van der Waals surface area (Å²) < 4.78 is 0. The third-order valence-electron chi connectivity index (χ3n) is 8.70. The molecule has 0 aromatic rings. The highest BCUT2D eigenvalue weighted by Gasteiger charge is 2.63. The van der Waals surface area contributed by atoms with Crippen LogP contribution in [0.3, 0.4) is 0 Å². The Labute approximate surface area is 163 Å². The Morgan fingerprint density at radius 1 is 1.22 bits per heavy atom. The van der Waals surface area contributed by atoms with Gasteiger partial charge >= 0.3 is 5.97 Å². The van der Waals surface area contributed by atoms with Gasteiger partial charge in [0.1, 0.15) is 0 Å². The number of allylic oxidation sites excluding steroid dienone is 2. The van der Waals surface area contributed by atoms with Crippen molar-refractivity contribution >= 4 is 11.8 Å². The van der Waals surface area contributed by atoms with Gasteiger partial charge in [-0.15, -0.1) is 0 Å². The predicted octanol–water partition coefficient (Wildman–Crippen LogP) is 4.40. The first-order valence-corrected chi connectivity index (χ1v) is 10.8. The molecule has 3 aliphatic carbocycles. The van der Waals surface area contributed by atoms with Crippen LogP contribution in [0.4, 0.5) is 0 Å². The normalized spacial score (nSPS) is 42.3. The molecule has 4 rings (SSSR count). The molecule has 1 unspecified atom stereocenters. The van der Waals surface area contributed by atoms with Gasteiger partial charge in [0.25, 0.3) is 0 Å². The highest BCUT2D eigenvalue weighted by molar-refractivity contribution is 5.91. The summed E-state index contributed by atoms with van der Waals surface area (Å²) in [5.74, 6) is 0.950. The quantitative estimate of drug-likeness (QED) is 0.753. The van der Waals surface area contributed by atoms with E-state index < -0.39 is 5.97 Å². The molecule has 0 spiro atoms. The second-order valence-corrected chi connectivity index (χ2v) is 11.0. The van der Waals surface area contributed by atoms with Crippen molar-refractivity contribution in [2.24, 2.45) is 39.9 Å². The lowest BCUT2D eigenvalue weighted by Crippen LogP contribution is -2.59. The molecule has 1 saturated heterocycles. The van der Waals surface area contributed by atoms with Crippen molar-refractivity contribution < 1.29 is 14.7 Å². The monoisotopic (exact) mass is 373 g/mol.